The Morgan fingerprint density at radius 3 is 2.73 bits per heavy atom. The summed E-state index contributed by atoms with van der Waals surface area (Å²) in [5, 5.41) is 16.7. The van der Waals surface area contributed by atoms with E-state index in [0.29, 0.717) is 11.7 Å². The monoisotopic (exact) mass is 473 g/mol. The summed E-state index contributed by atoms with van der Waals surface area (Å²) in [6, 6.07) is 18.5. The maximum absolute atomic E-state index is 12.7. The fourth-order valence-electron chi connectivity index (χ4n) is 4.08. The van der Waals surface area contributed by atoms with Crippen LogP contribution in [-0.4, -0.2) is 31.0 Å². The Bertz CT molecular complexity index is 1450. The highest BCUT2D eigenvalue weighted by molar-refractivity contribution is 7.99. The maximum atomic E-state index is 12.7. The summed E-state index contributed by atoms with van der Waals surface area (Å²) in [7, 11) is 0. The summed E-state index contributed by atoms with van der Waals surface area (Å²) in [5.41, 5.74) is 3.17. The minimum atomic E-state index is -0.0793. The van der Waals surface area contributed by atoms with Crippen LogP contribution in [0.5, 0.6) is 0 Å². The topological polar surface area (TPSA) is 64.7 Å². The number of hydrogen-bond donors (Lipinski definition) is 1. The van der Waals surface area contributed by atoms with E-state index in [9.17, 15) is 4.79 Å². The Labute approximate surface area is 199 Å². The minimum absolute atomic E-state index is 0.0793. The molecule has 0 unspecified atom stereocenters. The van der Waals surface area contributed by atoms with Gasteiger partial charge in [-0.05, 0) is 42.6 Å². The summed E-state index contributed by atoms with van der Waals surface area (Å²) in [5.74, 6) is 0.962. The van der Waals surface area contributed by atoms with Crippen molar-refractivity contribution in [1.29, 1.82) is 0 Å². The molecule has 0 saturated carbocycles. The van der Waals surface area contributed by atoms with Crippen molar-refractivity contribution in [2.75, 3.05) is 11.1 Å². The zero-order chi connectivity index (χ0) is 22.8. The number of benzene rings is 2. The first-order valence-corrected chi connectivity index (χ1v) is 12.6. The molecular formula is C25H23N5OS2. The number of nitrogens with zero attached hydrogens (tertiary/aromatic N) is 4. The van der Waals surface area contributed by atoms with Crippen LogP contribution in [0, 0.1) is 0 Å². The first-order chi connectivity index (χ1) is 16.2. The van der Waals surface area contributed by atoms with Crippen LogP contribution in [0.2, 0.25) is 0 Å². The number of thioether (sulfide) groups is 1. The Morgan fingerprint density at radius 1 is 1.09 bits per heavy atom. The number of hydrogen-bond acceptors (Lipinski definition) is 5. The second-order valence-corrected chi connectivity index (χ2v) is 9.40. The molecule has 0 aliphatic heterocycles. The fourth-order valence-corrected chi connectivity index (χ4v) is 5.54. The van der Waals surface area contributed by atoms with Crippen molar-refractivity contribution in [1.82, 2.24) is 19.3 Å². The van der Waals surface area contributed by atoms with Gasteiger partial charge < -0.3 is 9.88 Å². The predicted octanol–water partition coefficient (Wildman–Crippen LogP) is 6.05. The number of aryl methyl sites for hydroxylation is 1. The zero-order valence-electron chi connectivity index (χ0n) is 18.2. The number of anilines is 1. The van der Waals surface area contributed by atoms with E-state index >= 15 is 0 Å². The summed E-state index contributed by atoms with van der Waals surface area (Å²) < 4.78 is 4.28. The van der Waals surface area contributed by atoms with Crippen molar-refractivity contribution in [3.05, 3.63) is 72.6 Å². The molecule has 1 amide bonds. The third-order valence-electron chi connectivity index (χ3n) is 5.47. The molecule has 0 spiro atoms. The lowest BCUT2D eigenvalue weighted by Crippen LogP contribution is -2.14. The molecule has 8 heteroatoms. The average Bonchev–Trinajstić information content (AvgIpc) is 3.56. The van der Waals surface area contributed by atoms with Gasteiger partial charge in [0.05, 0.1) is 10.6 Å². The van der Waals surface area contributed by atoms with E-state index < -0.39 is 0 Å². The van der Waals surface area contributed by atoms with Crippen molar-refractivity contribution in [2.45, 2.75) is 25.2 Å². The molecular weight excluding hydrogens is 450 g/mol. The fraction of sp³-hybridized carbons (Fsp3) is 0.160. The first-order valence-electron chi connectivity index (χ1n) is 10.7. The maximum Gasteiger partial charge on any atom is 0.234 e. The van der Waals surface area contributed by atoms with Gasteiger partial charge in [-0.15, -0.1) is 28.1 Å². The molecule has 1 N–H and O–H groups in total. The average molecular weight is 474 g/mol. The molecule has 0 fully saturated rings. The third-order valence-corrected chi connectivity index (χ3v) is 7.31. The molecule has 0 saturated heterocycles. The Hall–Kier alpha value is -3.36. The lowest BCUT2D eigenvalue weighted by atomic mass is 10.1. The summed E-state index contributed by atoms with van der Waals surface area (Å²) in [6.07, 6.45) is 1.81. The molecule has 3 heterocycles. The number of fused-ring (bicyclic) bond motifs is 3. The highest BCUT2D eigenvalue weighted by Gasteiger charge is 2.16. The normalized spacial score (nSPS) is 11.3. The number of carbonyl (C=O) groups is 1. The number of nitrogens with one attached hydrogen (secondary N) is 1. The minimum Gasteiger partial charge on any atom is -0.341 e. The molecule has 33 heavy (non-hydrogen) atoms. The smallest absolute Gasteiger partial charge is 0.234 e. The van der Waals surface area contributed by atoms with E-state index in [1.165, 1.54) is 28.2 Å². The van der Waals surface area contributed by atoms with Gasteiger partial charge in [-0.2, -0.15) is 0 Å². The second kappa shape index (κ2) is 9.25. The van der Waals surface area contributed by atoms with Crippen LogP contribution < -0.4 is 5.32 Å². The Morgan fingerprint density at radius 2 is 1.94 bits per heavy atom. The largest absolute Gasteiger partial charge is 0.341 e. The lowest BCUT2D eigenvalue weighted by Gasteiger charge is -2.08. The van der Waals surface area contributed by atoms with E-state index in [0.717, 1.165) is 28.3 Å². The molecule has 0 aliphatic carbocycles. The highest BCUT2D eigenvalue weighted by atomic mass is 32.2. The van der Waals surface area contributed by atoms with E-state index in [2.05, 4.69) is 63.9 Å². The summed E-state index contributed by atoms with van der Waals surface area (Å²) in [4.78, 5) is 13.8. The molecule has 5 aromatic rings. The van der Waals surface area contributed by atoms with Crippen molar-refractivity contribution < 1.29 is 4.79 Å². The van der Waals surface area contributed by atoms with Crippen LogP contribution in [0.1, 0.15) is 6.92 Å². The number of carbonyl (C=O) groups excluding carboxylic acids is 1. The number of allylic oxidation sites excluding steroid dienone is 1. The predicted molar refractivity (Wildman–Crippen MR) is 138 cm³/mol. The molecule has 2 aromatic carbocycles. The number of para-hydroxylation sites is 1. The third kappa shape index (κ3) is 4.07. The van der Waals surface area contributed by atoms with Crippen LogP contribution in [0.25, 0.3) is 32.5 Å². The van der Waals surface area contributed by atoms with Crippen molar-refractivity contribution >= 4 is 56.5 Å². The van der Waals surface area contributed by atoms with Gasteiger partial charge in [-0.1, -0.05) is 42.1 Å². The van der Waals surface area contributed by atoms with Crippen molar-refractivity contribution in [3.63, 3.8) is 0 Å². The van der Waals surface area contributed by atoms with Gasteiger partial charge >= 0.3 is 0 Å². The van der Waals surface area contributed by atoms with Crippen molar-refractivity contribution in [3.8, 4) is 10.7 Å². The summed E-state index contributed by atoms with van der Waals surface area (Å²) >= 11 is 2.99. The van der Waals surface area contributed by atoms with Gasteiger partial charge in [-0.3, -0.25) is 9.36 Å². The van der Waals surface area contributed by atoms with Gasteiger partial charge in [0.15, 0.2) is 11.0 Å². The highest BCUT2D eigenvalue weighted by Crippen LogP contribution is 2.31. The quantitative estimate of drug-likeness (QED) is 0.220. The molecule has 0 aliphatic rings. The van der Waals surface area contributed by atoms with E-state index in [-0.39, 0.29) is 11.7 Å². The molecule has 0 atom stereocenters. The SMILES string of the molecule is C=CCn1c(SCC(=O)Nc2ccc3c(c2)c2ccccc2n3CC)nnc1-c1cccs1. The molecule has 0 bridgehead atoms. The van der Waals surface area contributed by atoms with Crippen LogP contribution in [0.3, 0.4) is 0 Å². The molecule has 166 valence electrons. The van der Waals surface area contributed by atoms with Crippen LogP contribution >= 0.6 is 23.1 Å². The van der Waals surface area contributed by atoms with Gasteiger partial charge in [0, 0.05) is 40.6 Å². The van der Waals surface area contributed by atoms with Gasteiger partial charge in [0.1, 0.15) is 0 Å². The zero-order valence-corrected chi connectivity index (χ0v) is 19.8. The molecule has 6 nitrogen and oxygen atoms in total. The first kappa shape index (κ1) is 21.5. The molecule has 3 aromatic heterocycles. The van der Waals surface area contributed by atoms with Crippen molar-refractivity contribution in [2.24, 2.45) is 0 Å². The number of amides is 1. The lowest BCUT2D eigenvalue weighted by molar-refractivity contribution is -0.113. The summed E-state index contributed by atoms with van der Waals surface area (Å²) in [6.45, 7) is 7.47. The number of aromatic nitrogens is 4. The van der Waals surface area contributed by atoms with Crippen LogP contribution in [-0.2, 0) is 17.9 Å². The van der Waals surface area contributed by atoms with Crippen LogP contribution in [0.15, 0.2) is 77.8 Å². The van der Waals surface area contributed by atoms with E-state index in [1.807, 2.05) is 40.3 Å². The Kier molecular flexibility index (Phi) is 6.02. The van der Waals surface area contributed by atoms with Gasteiger partial charge in [0.2, 0.25) is 5.91 Å². The number of rotatable bonds is 8. The van der Waals surface area contributed by atoms with Crippen LogP contribution in [0.4, 0.5) is 5.69 Å². The number of thiophene rings is 1. The van der Waals surface area contributed by atoms with Gasteiger partial charge in [0.25, 0.3) is 0 Å². The Balaban J connectivity index is 1.34. The molecule has 5 rings (SSSR count). The second-order valence-electron chi connectivity index (χ2n) is 7.51. The molecule has 0 radical (unpaired) electrons. The van der Waals surface area contributed by atoms with Gasteiger partial charge in [-0.25, -0.2) is 0 Å². The van der Waals surface area contributed by atoms with E-state index in [4.69, 9.17) is 0 Å². The van der Waals surface area contributed by atoms with E-state index in [1.54, 1.807) is 11.3 Å². The standard InChI is InChI=1S/C25H23N5OS2/c1-3-13-30-24(22-10-7-14-32-22)27-28-25(30)33-16-23(31)26-17-11-12-21-19(15-17)18-8-5-6-9-20(18)29(21)4-2/h3,5-12,14-15H,1,4,13,16H2,2H3,(H,26,31).